The Labute approximate surface area is 115 Å². The van der Waals surface area contributed by atoms with E-state index >= 15 is 0 Å². The number of ether oxygens (including phenoxy) is 1. The lowest BCUT2D eigenvalue weighted by atomic mass is 9.97. The SMILES string of the molecule is C/C=C1/CCC(OCC)=C/C1=N\c1ccc(C)cc1. The van der Waals surface area contributed by atoms with Crippen molar-refractivity contribution in [3.8, 4) is 0 Å². The molecule has 0 N–H and O–H groups in total. The van der Waals surface area contributed by atoms with Crippen molar-refractivity contribution < 1.29 is 4.74 Å². The molecule has 1 aromatic rings. The molecule has 0 saturated heterocycles. The number of hydrogen-bond acceptors (Lipinski definition) is 2. The molecule has 0 spiro atoms. The van der Waals surface area contributed by atoms with Crippen molar-refractivity contribution in [3.05, 3.63) is 53.3 Å². The average molecular weight is 255 g/mol. The molecule has 0 aromatic heterocycles. The van der Waals surface area contributed by atoms with Crippen molar-refractivity contribution in [2.24, 2.45) is 4.99 Å². The molecule has 19 heavy (non-hydrogen) atoms. The van der Waals surface area contributed by atoms with Crippen molar-refractivity contribution in [2.45, 2.75) is 33.6 Å². The largest absolute Gasteiger partial charge is 0.498 e. The number of aliphatic imine (C=N–C) groups is 1. The molecule has 0 radical (unpaired) electrons. The summed E-state index contributed by atoms with van der Waals surface area (Å²) >= 11 is 0. The van der Waals surface area contributed by atoms with Crippen LogP contribution in [0.2, 0.25) is 0 Å². The van der Waals surface area contributed by atoms with Gasteiger partial charge in [0.25, 0.3) is 0 Å². The van der Waals surface area contributed by atoms with Crippen molar-refractivity contribution in [1.82, 2.24) is 0 Å². The van der Waals surface area contributed by atoms with Gasteiger partial charge in [0.1, 0.15) is 0 Å². The quantitative estimate of drug-likeness (QED) is 0.765. The van der Waals surface area contributed by atoms with Gasteiger partial charge in [-0.1, -0.05) is 23.8 Å². The summed E-state index contributed by atoms with van der Waals surface area (Å²) in [4.78, 5) is 4.74. The van der Waals surface area contributed by atoms with Crippen LogP contribution >= 0.6 is 0 Å². The zero-order chi connectivity index (χ0) is 13.7. The van der Waals surface area contributed by atoms with Gasteiger partial charge in [0.05, 0.1) is 23.8 Å². The van der Waals surface area contributed by atoms with Gasteiger partial charge in [-0.2, -0.15) is 0 Å². The Kier molecular flexibility index (Phi) is 4.56. The van der Waals surface area contributed by atoms with Crippen LogP contribution in [0.25, 0.3) is 0 Å². The highest BCUT2D eigenvalue weighted by Gasteiger charge is 2.14. The van der Waals surface area contributed by atoms with E-state index in [1.165, 1.54) is 11.1 Å². The van der Waals surface area contributed by atoms with Crippen LogP contribution < -0.4 is 0 Å². The topological polar surface area (TPSA) is 21.6 Å². The average Bonchev–Trinajstić information content (AvgIpc) is 2.42. The van der Waals surface area contributed by atoms with Crippen LogP contribution in [-0.4, -0.2) is 12.3 Å². The molecule has 0 bridgehead atoms. The second-order valence-corrected chi connectivity index (χ2v) is 4.69. The first-order valence-electron chi connectivity index (χ1n) is 6.87. The molecule has 0 unspecified atom stereocenters. The normalized spacial score (nSPS) is 19.6. The standard InChI is InChI=1S/C17H21NO/c1-4-14-8-11-16(19-5-2)12-17(14)18-15-9-6-13(3)7-10-15/h4,6-7,9-10,12H,5,8,11H2,1-3H3/b14-4-,18-17+. The van der Waals surface area contributed by atoms with E-state index in [0.717, 1.165) is 36.6 Å². The Balaban J connectivity index is 2.32. The predicted molar refractivity (Wildman–Crippen MR) is 81.0 cm³/mol. The molecule has 1 aliphatic carbocycles. The maximum absolute atomic E-state index is 5.62. The maximum atomic E-state index is 5.62. The molecule has 1 aromatic carbocycles. The number of nitrogens with zero attached hydrogens (tertiary/aromatic N) is 1. The van der Waals surface area contributed by atoms with Gasteiger partial charge in [-0.3, -0.25) is 0 Å². The van der Waals surface area contributed by atoms with Crippen LogP contribution in [0.5, 0.6) is 0 Å². The fraction of sp³-hybridized carbons (Fsp3) is 0.353. The van der Waals surface area contributed by atoms with Gasteiger partial charge >= 0.3 is 0 Å². The van der Waals surface area contributed by atoms with Crippen molar-refractivity contribution in [1.29, 1.82) is 0 Å². The van der Waals surface area contributed by atoms with Gasteiger partial charge in [-0.05, 0) is 44.9 Å². The lowest BCUT2D eigenvalue weighted by Crippen LogP contribution is -2.09. The molecule has 100 valence electrons. The number of allylic oxidation sites excluding steroid dienone is 4. The molecule has 0 aliphatic heterocycles. The second-order valence-electron chi connectivity index (χ2n) is 4.69. The molecule has 0 amide bonds. The molecule has 2 heteroatoms. The van der Waals surface area contributed by atoms with Crippen molar-refractivity contribution >= 4 is 11.4 Å². The highest BCUT2D eigenvalue weighted by atomic mass is 16.5. The van der Waals surface area contributed by atoms with Gasteiger partial charge < -0.3 is 4.74 Å². The maximum Gasteiger partial charge on any atom is 0.0984 e. The molecule has 0 atom stereocenters. The van der Waals surface area contributed by atoms with Gasteiger partial charge in [-0.25, -0.2) is 4.99 Å². The summed E-state index contributed by atoms with van der Waals surface area (Å²) in [6, 6.07) is 8.28. The van der Waals surface area contributed by atoms with Crippen LogP contribution in [0.3, 0.4) is 0 Å². The van der Waals surface area contributed by atoms with E-state index in [9.17, 15) is 0 Å². The van der Waals surface area contributed by atoms with E-state index in [4.69, 9.17) is 9.73 Å². The Bertz CT molecular complexity index is 521. The lowest BCUT2D eigenvalue weighted by molar-refractivity contribution is 0.218. The number of rotatable bonds is 3. The van der Waals surface area contributed by atoms with Crippen molar-refractivity contribution in [3.63, 3.8) is 0 Å². The van der Waals surface area contributed by atoms with Gasteiger partial charge in [0, 0.05) is 12.5 Å². The second kappa shape index (κ2) is 6.37. The van der Waals surface area contributed by atoms with E-state index in [1.54, 1.807) is 0 Å². The summed E-state index contributed by atoms with van der Waals surface area (Å²) in [5, 5.41) is 0. The molecule has 2 nitrogen and oxygen atoms in total. The van der Waals surface area contributed by atoms with Gasteiger partial charge in [0.15, 0.2) is 0 Å². The smallest absolute Gasteiger partial charge is 0.0984 e. The molecular weight excluding hydrogens is 234 g/mol. The van der Waals surface area contributed by atoms with E-state index in [1.807, 2.05) is 6.92 Å². The predicted octanol–water partition coefficient (Wildman–Crippen LogP) is 4.73. The number of benzene rings is 1. The lowest BCUT2D eigenvalue weighted by Gasteiger charge is -2.17. The first-order chi connectivity index (χ1) is 9.22. The van der Waals surface area contributed by atoms with Crippen LogP contribution in [-0.2, 0) is 4.74 Å². The molecular formula is C17H21NO. The first-order valence-corrected chi connectivity index (χ1v) is 6.87. The van der Waals surface area contributed by atoms with Crippen LogP contribution in [0.15, 0.2) is 52.7 Å². The van der Waals surface area contributed by atoms with E-state index in [0.29, 0.717) is 0 Å². The van der Waals surface area contributed by atoms with E-state index in [-0.39, 0.29) is 0 Å². The Morgan fingerprint density at radius 2 is 1.95 bits per heavy atom. The van der Waals surface area contributed by atoms with Gasteiger partial charge in [0.2, 0.25) is 0 Å². The zero-order valence-corrected chi connectivity index (χ0v) is 11.9. The van der Waals surface area contributed by atoms with Gasteiger partial charge in [-0.15, -0.1) is 0 Å². The fourth-order valence-corrected chi connectivity index (χ4v) is 2.16. The summed E-state index contributed by atoms with van der Waals surface area (Å²) in [7, 11) is 0. The van der Waals surface area contributed by atoms with E-state index in [2.05, 4.69) is 50.3 Å². The highest BCUT2D eigenvalue weighted by Crippen LogP contribution is 2.24. The monoisotopic (exact) mass is 255 g/mol. The summed E-state index contributed by atoms with van der Waals surface area (Å²) in [6.45, 7) is 6.89. The third kappa shape index (κ3) is 3.57. The van der Waals surface area contributed by atoms with Crippen molar-refractivity contribution in [2.75, 3.05) is 6.61 Å². The number of aryl methyl sites for hydroxylation is 1. The minimum atomic E-state index is 0.717. The zero-order valence-electron chi connectivity index (χ0n) is 11.9. The molecule has 0 saturated carbocycles. The third-order valence-electron chi connectivity index (χ3n) is 3.23. The summed E-state index contributed by atoms with van der Waals surface area (Å²) in [6.07, 6.45) is 6.20. The minimum absolute atomic E-state index is 0.717. The minimum Gasteiger partial charge on any atom is -0.498 e. The Hall–Kier alpha value is -1.83. The fourth-order valence-electron chi connectivity index (χ4n) is 2.16. The Morgan fingerprint density at radius 3 is 2.58 bits per heavy atom. The molecule has 0 heterocycles. The van der Waals surface area contributed by atoms with Crippen LogP contribution in [0.1, 0.15) is 32.3 Å². The number of hydrogen-bond donors (Lipinski definition) is 0. The summed E-state index contributed by atoms with van der Waals surface area (Å²) in [5.41, 5.74) is 4.57. The highest BCUT2D eigenvalue weighted by molar-refractivity contribution is 6.10. The third-order valence-corrected chi connectivity index (χ3v) is 3.23. The Morgan fingerprint density at radius 1 is 1.21 bits per heavy atom. The van der Waals surface area contributed by atoms with Crippen LogP contribution in [0.4, 0.5) is 5.69 Å². The van der Waals surface area contributed by atoms with E-state index < -0.39 is 0 Å². The molecule has 0 fully saturated rings. The summed E-state index contributed by atoms with van der Waals surface area (Å²) in [5.74, 6) is 1.04. The first kappa shape index (κ1) is 13.6. The molecule has 2 rings (SSSR count). The molecule has 1 aliphatic rings. The van der Waals surface area contributed by atoms with Crippen LogP contribution in [0, 0.1) is 6.92 Å². The summed E-state index contributed by atoms with van der Waals surface area (Å²) < 4.78 is 5.62.